The molecule has 0 bridgehead atoms. The van der Waals surface area contributed by atoms with Crippen LogP contribution in [0.15, 0.2) is 24.3 Å². The lowest BCUT2D eigenvalue weighted by Gasteiger charge is -2.13. The number of aldehydes is 1. The molecule has 0 amide bonds. The van der Waals surface area contributed by atoms with Gasteiger partial charge in [-0.25, -0.2) is 0 Å². The van der Waals surface area contributed by atoms with Crippen LogP contribution in [0.25, 0.3) is 0 Å². The molecule has 0 saturated heterocycles. The predicted octanol–water partition coefficient (Wildman–Crippen LogP) is 1.80. The minimum atomic E-state index is -0.584. The topological polar surface area (TPSA) is 37.3 Å². The van der Waals surface area contributed by atoms with Crippen molar-refractivity contribution in [3.63, 3.8) is 0 Å². The molecule has 0 aliphatic heterocycles. The van der Waals surface area contributed by atoms with Crippen LogP contribution in [0, 0.1) is 0 Å². The van der Waals surface area contributed by atoms with Crippen LogP contribution in [0.5, 0.6) is 0 Å². The molecule has 0 atom stereocenters. The normalized spacial score (nSPS) is 17.8. The van der Waals surface area contributed by atoms with Crippen molar-refractivity contribution in [2.24, 2.45) is 0 Å². The molecule has 1 aliphatic carbocycles. The summed E-state index contributed by atoms with van der Waals surface area (Å²) >= 11 is 0. The van der Waals surface area contributed by atoms with Crippen LogP contribution < -0.4 is 0 Å². The second-order valence-corrected chi connectivity index (χ2v) is 3.89. The Balaban J connectivity index is 2.24. The maximum Gasteiger partial charge on any atom is 0.120 e. The van der Waals surface area contributed by atoms with Gasteiger partial charge < -0.3 is 9.90 Å². The van der Waals surface area contributed by atoms with Crippen molar-refractivity contribution >= 4 is 6.29 Å². The summed E-state index contributed by atoms with van der Waals surface area (Å²) in [6.45, 7) is 0. The summed E-state index contributed by atoms with van der Waals surface area (Å²) in [4.78, 5) is 10.3. The van der Waals surface area contributed by atoms with E-state index in [2.05, 4.69) is 0 Å². The van der Waals surface area contributed by atoms with Gasteiger partial charge in [-0.2, -0.15) is 0 Å². The second-order valence-electron chi connectivity index (χ2n) is 3.89. The van der Waals surface area contributed by atoms with Crippen LogP contribution in [0.4, 0.5) is 0 Å². The fraction of sp³-hybridized carbons (Fsp3) is 0.417. The molecule has 2 nitrogen and oxygen atoms in total. The van der Waals surface area contributed by atoms with Gasteiger partial charge in [-0.05, 0) is 30.4 Å². The van der Waals surface area contributed by atoms with E-state index >= 15 is 0 Å². The molecule has 0 aromatic heterocycles. The molecule has 1 fully saturated rings. The van der Waals surface area contributed by atoms with Crippen LogP contribution in [-0.4, -0.2) is 11.4 Å². The Hall–Kier alpha value is -1.15. The van der Waals surface area contributed by atoms with E-state index in [0.717, 1.165) is 36.7 Å². The second kappa shape index (κ2) is 3.54. The molecule has 0 heterocycles. The molecule has 0 unspecified atom stereocenters. The summed E-state index contributed by atoms with van der Waals surface area (Å²) in [6.07, 6.45) is 3.90. The van der Waals surface area contributed by atoms with E-state index in [-0.39, 0.29) is 0 Å². The molecule has 74 valence electrons. The van der Waals surface area contributed by atoms with E-state index in [1.165, 1.54) is 0 Å². The van der Waals surface area contributed by atoms with Gasteiger partial charge in [0.1, 0.15) is 6.29 Å². The molecule has 1 aromatic rings. The number of aryl methyl sites for hydroxylation is 1. The summed E-state index contributed by atoms with van der Waals surface area (Å²) in [6, 6.07) is 7.85. The van der Waals surface area contributed by atoms with Crippen molar-refractivity contribution in [3.05, 3.63) is 35.4 Å². The number of hydrogen-bond acceptors (Lipinski definition) is 2. The van der Waals surface area contributed by atoms with Crippen LogP contribution in [0.2, 0.25) is 0 Å². The zero-order chi connectivity index (χ0) is 10.0. The molecular formula is C12H14O2. The summed E-state index contributed by atoms with van der Waals surface area (Å²) in [5.74, 6) is 0. The quantitative estimate of drug-likeness (QED) is 0.735. The number of hydrogen-bond donors (Lipinski definition) is 1. The van der Waals surface area contributed by atoms with Crippen LogP contribution in [-0.2, 0) is 16.8 Å². The predicted molar refractivity (Wildman–Crippen MR) is 54.0 cm³/mol. The van der Waals surface area contributed by atoms with Gasteiger partial charge in [0.25, 0.3) is 0 Å². The molecular weight excluding hydrogens is 176 g/mol. The van der Waals surface area contributed by atoms with Gasteiger partial charge in [0, 0.05) is 6.42 Å². The molecule has 2 rings (SSSR count). The van der Waals surface area contributed by atoms with E-state index in [1.54, 1.807) is 0 Å². The maximum absolute atomic E-state index is 10.3. The highest BCUT2D eigenvalue weighted by Crippen LogP contribution is 2.46. The summed E-state index contributed by atoms with van der Waals surface area (Å²) in [5.41, 5.74) is 1.54. The molecule has 0 radical (unpaired) electrons. The van der Waals surface area contributed by atoms with Crippen molar-refractivity contribution in [2.45, 2.75) is 31.3 Å². The standard InChI is InChI=1S/C12H14O2/c13-9-3-5-10-4-1-2-6-11(10)12(14)7-8-12/h1-2,4,6,9,14H,3,5,7-8H2. The first-order valence-electron chi connectivity index (χ1n) is 5.01. The highest BCUT2D eigenvalue weighted by atomic mass is 16.3. The SMILES string of the molecule is O=CCCc1ccccc1C1(O)CC1. The van der Waals surface area contributed by atoms with Crippen LogP contribution in [0.1, 0.15) is 30.4 Å². The Morgan fingerprint density at radius 2 is 2.07 bits per heavy atom. The van der Waals surface area contributed by atoms with Gasteiger partial charge in [-0.3, -0.25) is 0 Å². The zero-order valence-corrected chi connectivity index (χ0v) is 8.07. The van der Waals surface area contributed by atoms with Crippen molar-refractivity contribution in [1.82, 2.24) is 0 Å². The molecule has 1 aromatic carbocycles. The third-order valence-electron chi connectivity index (χ3n) is 2.77. The van der Waals surface area contributed by atoms with Gasteiger partial charge in [0.05, 0.1) is 5.60 Å². The lowest BCUT2D eigenvalue weighted by Crippen LogP contribution is -2.08. The van der Waals surface area contributed by atoms with E-state index in [9.17, 15) is 9.90 Å². The first kappa shape index (κ1) is 9.41. The number of aliphatic hydroxyl groups is 1. The van der Waals surface area contributed by atoms with Gasteiger partial charge >= 0.3 is 0 Å². The Bertz CT molecular complexity index is 340. The summed E-state index contributed by atoms with van der Waals surface area (Å²) < 4.78 is 0. The average Bonchev–Trinajstić information content (AvgIpc) is 2.95. The molecule has 2 heteroatoms. The first-order valence-corrected chi connectivity index (χ1v) is 5.01. The first-order chi connectivity index (χ1) is 6.76. The van der Waals surface area contributed by atoms with Crippen molar-refractivity contribution in [1.29, 1.82) is 0 Å². The van der Waals surface area contributed by atoms with Crippen LogP contribution in [0.3, 0.4) is 0 Å². The fourth-order valence-corrected chi connectivity index (χ4v) is 1.79. The van der Waals surface area contributed by atoms with E-state index in [1.807, 2.05) is 24.3 Å². The van der Waals surface area contributed by atoms with Crippen LogP contribution >= 0.6 is 0 Å². The maximum atomic E-state index is 10.3. The number of benzene rings is 1. The zero-order valence-electron chi connectivity index (χ0n) is 8.07. The lowest BCUT2D eigenvalue weighted by molar-refractivity contribution is -0.107. The van der Waals surface area contributed by atoms with Gasteiger partial charge in [-0.15, -0.1) is 0 Å². The molecule has 0 spiro atoms. The molecule has 1 N–H and O–H groups in total. The van der Waals surface area contributed by atoms with Crippen molar-refractivity contribution < 1.29 is 9.90 Å². The lowest BCUT2D eigenvalue weighted by atomic mass is 9.97. The smallest absolute Gasteiger partial charge is 0.120 e. The van der Waals surface area contributed by atoms with Gasteiger partial charge in [0.15, 0.2) is 0 Å². The van der Waals surface area contributed by atoms with Gasteiger partial charge in [-0.1, -0.05) is 24.3 Å². The monoisotopic (exact) mass is 190 g/mol. The Labute approximate surface area is 83.6 Å². The Morgan fingerprint density at radius 3 is 2.71 bits per heavy atom. The molecule has 1 aliphatic rings. The number of carbonyl (C=O) groups is 1. The minimum absolute atomic E-state index is 0.535. The highest BCUT2D eigenvalue weighted by Gasteiger charge is 2.43. The third-order valence-corrected chi connectivity index (χ3v) is 2.77. The van der Waals surface area contributed by atoms with E-state index in [0.29, 0.717) is 6.42 Å². The van der Waals surface area contributed by atoms with Gasteiger partial charge in [0.2, 0.25) is 0 Å². The average molecular weight is 190 g/mol. The molecule has 14 heavy (non-hydrogen) atoms. The number of rotatable bonds is 4. The Kier molecular flexibility index (Phi) is 2.38. The Morgan fingerprint density at radius 1 is 1.36 bits per heavy atom. The highest BCUT2D eigenvalue weighted by molar-refractivity contribution is 5.50. The van der Waals surface area contributed by atoms with E-state index in [4.69, 9.17) is 0 Å². The third kappa shape index (κ3) is 1.70. The summed E-state index contributed by atoms with van der Waals surface area (Å²) in [5, 5.41) is 9.99. The number of carbonyl (C=O) groups excluding carboxylic acids is 1. The fourth-order valence-electron chi connectivity index (χ4n) is 1.79. The minimum Gasteiger partial charge on any atom is -0.385 e. The van der Waals surface area contributed by atoms with E-state index < -0.39 is 5.60 Å². The largest absolute Gasteiger partial charge is 0.385 e. The van der Waals surface area contributed by atoms with Crippen molar-refractivity contribution in [2.75, 3.05) is 0 Å². The molecule has 1 saturated carbocycles. The van der Waals surface area contributed by atoms with Crippen molar-refractivity contribution in [3.8, 4) is 0 Å². The summed E-state index contributed by atoms with van der Waals surface area (Å²) in [7, 11) is 0.